The average Bonchev–Trinajstić information content (AvgIpc) is 2.95. The molecule has 158 valence electrons. The Hall–Kier alpha value is -1.20. The summed E-state index contributed by atoms with van der Waals surface area (Å²) in [6.07, 6.45) is 8.79. The summed E-state index contributed by atoms with van der Waals surface area (Å²) in [5, 5.41) is 4.22. The van der Waals surface area contributed by atoms with E-state index in [1.165, 1.54) is 49.3 Å². The van der Waals surface area contributed by atoms with E-state index in [0.29, 0.717) is 6.42 Å². The highest BCUT2D eigenvalue weighted by Gasteiger charge is 2.51. The van der Waals surface area contributed by atoms with Gasteiger partial charge in [0.2, 0.25) is 5.91 Å². The Morgan fingerprint density at radius 1 is 1.14 bits per heavy atom. The summed E-state index contributed by atoms with van der Waals surface area (Å²) in [6, 6.07) is 8.25. The second-order valence-corrected chi connectivity index (χ2v) is 10.7. The molecular weight excluding hydrogens is 402 g/mol. The maximum absolute atomic E-state index is 12.5. The van der Waals surface area contributed by atoms with Crippen LogP contribution in [0.15, 0.2) is 29.3 Å². The molecule has 4 nitrogen and oxygen atoms in total. The second-order valence-electron chi connectivity index (χ2n) is 9.73. The number of anilines is 1. The lowest BCUT2D eigenvalue weighted by atomic mass is 9.53. The number of benzene rings is 1. The zero-order chi connectivity index (χ0) is 19.3. The van der Waals surface area contributed by atoms with Crippen molar-refractivity contribution in [2.75, 3.05) is 18.1 Å². The largest absolute Gasteiger partial charge is 0.350 e. The molecule has 6 heteroatoms. The van der Waals surface area contributed by atoms with Crippen LogP contribution in [-0.2, 0) is 4.79 Å². The first-order valence-electron chi connectivity index (χ1n) is 10.8. The lowest BCUT2D eigenvalue weighted by Gasteiger charge is -2.55. The third-order valence-electron chi connectivity index (χ3n) is 7.35. The molecule has 0 aromatic heterocycles. The predicted molar refractivity (Wildman–Crippen MR) is 124 cm³/mol. The summed E-state index contributed by atoms with van der Waals surface area (Å²) in [4.78, 5) is 20.2. The molecule has 1 unspecified atom stereocenters. The maximum atomic E-state index is 12.5. The number of hydrogen-bond donors (Lipinski definition) is 1. The fourth-order valence-electron chi connectivity index (χ4n) is 6.32. The van der Waals surface area contributed by atoms with E-state index in [0.717, 1.165) is 29.2 Å². The Morgan fingerprint density at radius 3 is 2.31 bits per heavy atom. The number of nitrogens with zero attached hydrogens (tertiary/aromatic N) is 2. The van der Waals surface area contributed by atoms with Crippen molar-refractivity contribution in [2.24, 2.45) is 22.7 Å². The van der Waals surface area contributed by atoms with Gasteiger partial charge < -0.3 is 10.2 Å². The zero-order valence-corrected chi connectivity index (χ0v) is 19.0. The summed E-state index contributed by atoms with van der Waals surface area (Å²) in [5.41, 5.74) is 2.30. The van der Waals surface area contributed by atoms with Crippen LogP contribution in [0.4, 0.5) is 5.69 Å². The van der Waals surface area contributed by atoms with Gasteiger partial charge in [-0.15, -0.1) is 12.4 Å². The van der Waals surface area contributed by atoms with Crippen molar-refractivity contribution >= 4 is 40.9 Å². The van der Waals surface area contributed by atoms with Crippen LogP contribution in [0.1, 0.15) is 50.5 Å². The fraction of sp³-hybridized carbons (Fsp3) is 0.652. The first-order valence-corrected chi connectivity index (χ1v) is 11.8. The molecule has 1 N–H and O–H groups in total. The molecule has 29 heavy (non-hydrogen) atoms. The van der Waals surface area contributed by atoms with Gasteiger partial charge in [0, 0.05) is 31.0 Å². The quantitative estimate of drug-likeness (QED) is 0.716. The van der Waals surface area contributed by atoms with E-state index < -0.39 is 0 Å². The van der Waals surface area contributed by atoms with Crippen molar-refractivity contribution in [1.82, 2.24) is 4.90 Å². The molecule has 0 spiro atoms. The molecule has 4 bridgehead atoms. The van der Waals surface area contributed by atoms with E-state index in [9.17, 15) is 4.79 Å². The maximum Gasteiger partial charge on any atom is 0.226 e. The highest BCUT2D eigenvalue weighted by Crippen LogP contribution is 2.57. The molecule has 1 aliphatic heterocycles. The summed E-state index contributed by atoms with van der Waals surface area (Å²) in [5.74, 6) is 3.82. The number of carbonyl (C=O) groups excluding carboxylic acids is 1. The molecule has 1 amide bonds. The number of aryl methyl sites for hydroxylation is 1. The number of nitrogens with one attached hydrogen (secondary N) is 1. The molecule has 6 rings (SSSR count). The molecule has 0 radical (unpaired) electrons. The van der Waals surface area contributed by atoms with Crippen LogP contribution in [0.25, 0.3) is 0 Å². The van der Waals surface area contributed by atoms with E-state index in [1.54, 1.807) is 0 Å². The van der Waals surface area contributed by atoms with Gasteiger partial charge in [0.15, 0.2) is 5.17 Å². The van der Waals surface area contributed by atoms with Gasteiger partial charge in [-0.3, -0.25) is 9.79 Å². The molecule has 5 aliphatic rings. The summed E-state index contributed by atoms with van der Waals surface area (Å²) in [7, 11) is 2.13. The van der Waals surface area contributed by atoms with E-state index in [4.69, 9.17) is 4.99 Å². The second kappa shape index (κ2) is 8.14. The molecule has 4 aliphatic carbocycles. The first kappa shape index (κ1) is 21.0. The van der Waals surface area contributed by atoms with E-state index in [2.05, 4.69) is 24.2 Å². The molecule has 5 fully saturated rings. The third-order valence-corrected chi connectivity index (χ3v) is 8.54. The molecule has 1 atom stereocenters. The van der Waals surface area contributed by atoms with Crippen LogP contribution < -0.4 is 5.32 Å². The number of aliphatic imine (C=N–C) groups is 1. The van der Waals surface area contributed by atoms with Crippen molar-refractivity contribution in [3.63, 3.8) is 0 Å². The molecule has 1 saturated heterocycles. The minimum atomic E-state index is 0. The number of carbonyl (C=O) groups is 1. The Labute approximate surface area is 184 Å². The van der Waals surface area contributed by atoms with Crippen LogP contribution >= 0.6 is 24.2 Å². The van der Waals surface area contributed by atoms with Gasteiger partial charge in [0.1, 0.15) is 0 Å². The first-order chi connectivity index (χ1) is 13.5. The van der Waals surface area contributed by atoms with Gasteiger partial charge in [0.05, 0.1) is 5.54 Å². The van der Waals surface area contributed by atoms with Crippen LogP contribution in [0, 0.1) is 24.7 Å². The Bertz CT molecular complexity index is 759. The Balaban J connectivity index is 0.00000205. The highest BCUT2D eigenvalue weighted by molar-refractivity contribution is 8.14. The summed E-state index contributed by atoms with van der Waals surface area (Å²) < 4.78 is 0. The number of hydrogen-bond acceptors (Lipinski definition) is 3. The summed E-state index contributed by atoms with van der Waals surface area (Å²) in [6.45, 7) is 2.06. The SMILES string of the molecule is Cc1ccc(NC(=O)CC2CSC(=NC34CC5CC(CC(C5)C3)C4)N2C)cc1.Cl. The van der Waals surface area contributed by atoms with Crippen molar-refractivity contribution in [3.05, 3.63) is 29.8 Å². The minimum absolute atomic E-state index is 0. The number of thioether (sulfide) groups is 1. The van der Waals surface area contributed by atoms with Crippen LogP contribution in [0.2, 0.25) is 0 Å². The van der Waals surface area contributed by atoms with Crippen molar-refractivity contribution in [2.45, 2.75) is 63.5 Å². The topological polar surface area (TPSA) is 44.7 Å². The standard InChI is InChI=1S/C23H31N3OS.ClH/c1-15-3-5-19(6-4-15)24-21(27)10-20-14-28-22(26(20)2)25-23-11-16-7-17(12-23)9-18(8-16)13-23;/h3-6,16-18,20H,7-14H2,1-2H3,(H,24,27);1H. The molecule has 4 saturated carbocycles. The molecule has 1 aromatic rings. The van der Waals surface area contributed by atoms with Crippen molar-refractivity contribution < 1.29 is 4.79 Å². The Kier molecular flexibility index (Phi) is 5.91. The Morgan fingerprint density at radius 2 is 1.72 bits per heavy atom. The monoisotopic (exact) mass is 433 g/mol. The molecule has 1 heterocycles. The van der Waals surface area contributed by atoms with E-state index in [-0.39, 0.29) is 29.9 Å². The number of halogens is 1. The molecular formula is C23H32ClN3OS. The number of amidine groups is 1. The zero-order valence-electron chi connectivity index (χ0n) is 17.4. The lowest BCUT2D eigenvalue weighted by molar-refractivity contribution is -0.116. The summed E-state index contributed by atoms with van der Waals surface area (Å²) >= 11 is 1.85. The van der Waals surface area contributed by atoms with Gasteiger partial charge in [-0.05, 0) is 75.3 Å². The highest BCUT2D eigenvalue weighted by atomic mass is 35.5. The predicted octanol–water partition coefficient (Wildman–Crippen LogP) is 5.12. The van der Waals surface area contributed by atoms with Crippen LogP contribution in [0.5, 0.6) is 0 Å². The van der Waals surface area contributed by atoms with E-state index >= 15 is 0 Å². The number of amides is 1. The number of rotatable bonds is 4. The third kappa shape index (κ3) is 4.32. The van der Waals surface area contributed by atoms with Gasteiger partial charge in [-0.1, -0.05) is 29.5 Å². The lowest BCUT2D eigenvalue weighted by Crippen LogP contribution is -2.50. The van der Waals surface area contributed by atoms with Crippen molar-refractivity contribution in [1.29, 1.82) is 0 Å². The van der Waals surface area contributed by atoms with E-state index in [1.807, 2.05) is 36.0 Å². The van der Waals surface area contributed by atoms with Crippen LogP contribution in [-0.4, -0.2) is 40.4 Å². The van der Waals surface area contributed by atoms with Gasteiger partial charge in [-0.2, -0.15) is 0 Å². The minimum Gasteiger partial charge on any atom is -0.350 e. The smallest absolute Gasteiger partial charge is 0.226 e. The van der Waals surface area contributed by atoms with Crippen molar-refractivity contribution in [3.8, 4) is 0 Å². The average molecular weight is 434 g/mol. The van der Waals surface area contributed by atoms with Crippen LogP contribution in [0.3, 0.4) is 0 Å². The normalized spacial score (nSPS) is 36.3. The fourth-order valence-corrected chi connectivity index (χ4v) is 7.61. The van der Waals surface area contributed by atoms with Gasteiger partial charge >= 0.3 is 0 Å². The van der Waals surface area contributed by atoms with Gasteiger partial charge in [0.25, 0.3) is 0 Å². The van der Waals surface area contributed by atoms with Gasteiger partial charge in [-0.25, -0.2) is 0 Å². The molecule has 1 aromatic carbocycles.